The lowest BCUT2D eigenvalue weighted by Crippen LogP contribution is -2.27. The number of carbonyl (C=O) groups excluding carboxylic acids is 1. The fourth-order valence-electron chi connectivity index (χ4n) is 2.43. The highest BCUT2D eigenvalue weighted by molar-refractivity contribution is 5.76. The summed E-state index contributed by atoms with van der Waals surface area (Å²) in [5.41, 5.74) is 2.94. The van der Waals surface area contributed by atoms with Crippen molar-refractivity contribution in [2.75, 3.05) is 18.4 Å². The molecule has 0 saturated carbocycles. The highest BCUT2D eigenvalue weighted by Crippen LogP contribution is 2.17. The quantitative estimate of drug-likeness (QED) is 0.765. The first-order valence-electron chi connectivity index (χ1n) is 8.40. The zero-order valence-electron chi connectivity index (χ0n) is 14.3. The Morgan fingerprint density at radius 3 is 2.42 bits per heavy atom. The lowest BCUT2D eigenvalue weighted by molar-refractivity contribution is -0.120. The van der Waals surface area contributed by atoms with E-state index in [0.717, 1.165) is 5.69 Å². The van der Waals surface area contributed by atoms with Gasteiger partial charge in [-0.2, -0.15) is 0 Å². The molecular weight excluding hydrogens is 303 g/mol. The Kier molecular flexibility index (Phi) is 6.79. The van der Waals surface area contributed by atoms with Crippen LogP contribution >= 0.6 is 0 Å². The van der Waals surface area contributed by atoms with Crippen LogP contribution in [0.25, 0.3) is 0 Å². The van der Waals surface area contributed by atoms with Gasteiger partial charge in [-0.3, -0.25) is 4.79 Å². The maximum absolute atomic E-state index is 13.5. The number of halogens is 1. The molecule has 0 unspecified atom stereocenters. The maximum Gasteiger partial charge on any atom is 0.221 e. The molecule has 2 N–H and O–H groups in total. The number of carbonyl (C=O) groups is 1. The second-order valence-electron chi connectivity index (χ2n) is 6.14. The molecule has 2 aromatic rings. The predicted octanol–water partition coefficient (Wildman–Crippen LogP) is 4.11. The van der Waals surface area contributed by atoms with Gasteiger partial charge in [0.2, 0.25) is 5.91 Å². The van der Waals surface area contributed by atoms with Gasteiger partial charge in [-0.1, -0.05) is 44.2 Å². The van der Waals surface area contributed by atoms with E-state index in [1.165, 1.54) is 11.6 Å². The van der Waals surface area contributed by atoms with Crippen LogP contribution in [0, 0.1) is 5.82 Å². The van der Waals surface area contributed by atoms with Gasteiger partial charge in [0.05, 0.1) is 0 Å². The minimum absolute atomic E-state index is 0.0300. The summed E-state index contributed by atoms with van der Waals surface area (Å²) in [4.78, 5) is 11.8. The van der Waals surface area contributed by atoms with Crippen LogP contribution in [0.2, 0.25) is 0 Å². The van der Waals surface area contributed by atoms with Gasteiger partial charge in [0.15, 0.2) is 0 Å². The lowest BCUT2D eigenvalue weighted by atomic mass is 10.0. The van der Waals surface area contributed by atoms with Crippen molar-refractivity contribution in [1.82, 2.24) is 5.32 Å². The first kappa shape index (κ1) is 18.0. The van der Waals surface area contributed by atoms with Crippen LogP contribution in [0.3, 0.4) is 0 Å². The zero-order chi connectivity index (χ0) is 17.4. The Morgan fingerprint density at radius 2 is 1.75 bits per heavy atom. The van der Waals surface area contributed by atoms with Crippen molar-refractivity contribution in [2.45, 2.75) is 32.6 Å². The monoisotopic (exact) mass is 328 g/mol. The van der Waals surface area contributed by atoms with Crippen molar-refractivity contribution in [3.63, 3.8) is 0 Å². The van der Waals surface area contributed by atoms with Crippen LogP contribution in [-0.2, 0) is 11.2 Å². The Balaban J connectivity index is 1.65. The average molecular weight is 328 g/mol. The molecule has 0 aromatic heterocycles. The van der Waals surface area contributed by atoms with Crippen molar-refractivity contribution in [3.8, 4) is 0 Å². The van der Waals surface area contributed by atoms with Crippen molar-refractivity contribution in [3.05, 3.63) is 65.5 Å². The molecule has 2 aromatic carbocycles. The molecule has 0 aliphatic rings. The smallest absolute Gasteiger partial charge is 0.221 e. The molecule has 0 aliphatic heterocycles. The molecule has 128 valence electrons. The molecule has 0 radical (unpaired) electrons. The Hall–Kier alpha value is -2.36. The van der Waals surface area contributed by atoms with E-state index >= 15 is 0 Å². The predicted molar refractivity (Wildman–Crippen MR) is 96.8 cm³/mol. The van der Waals surface area contributed by atoms with Crippen molar-refractivity contribution in [2.24, 2.45) is 0 Å². The van der Waals surface area contributed by atoms with E-state index in [9.17, 15) is 9.18 Å². The summed E-state index contributed by atoms with van der Waals surface area (Å²) in [5, 5.41) is 6.06. The van der Waals surface area contributed by atoms with E-state index in [-0.39, 0.29) is 11.7 Å². The summed E-state index contributed by atoms with van der Waals surface area (Å²) in [6.07, 6.45) is 0.895. The van der Waals surface area contributed by atoms with E-state index in [4.69, 9.17) is 0 Å². The zero-order valence-corrected chi connectivity index (χ0v) is 14.3. The lowest BCUT2D eigenvalue weighted by Gasteiger charge is -2.10. The first-order chi connectivity index (χ1) is 11.6. The van der Waals surface area contributed by atoms with Crippen LogP contribution in [0.4, 0.5) is 10.1 Å². The fraction of sp³-hybridized carbons (Fsp3) is 0.350. The molecule has 1 amide bonds. The minimum atomic E-state index is -0.224. The number of hydrogen-bond donors (Lipinski definition) is 2. The van der Waals surface area contributed by atoms with E-state index in [1.54, 1.807) is 18.2 Å². The Bertz CT molecular complexity index is 653. The molecule has 24 heavy (non-hydrogen) atoms. The summed E-state index contributed by atoms with van der Waals surface area (Å²) in [7, 11) is 0. The van der Waals surface area contributed by atoms with Crippen LogP contribution < -0.4 is 10.6 Å². The van der Waals surface area contributed by atoms with Crippen LogP contribution in [0.1, 0.15) is 37.3 Å². The number of rotatable bonds is 8. The number of benzene rings is 2. The molecule has 2 rings (SSSR count). The summed E-state index contributed by atoms with van der Waals surface area (Å²) in [6, 6.07) is 14.9. The summed E-state index contributed by atoms with van der Waals surface area (Å²) >= 11 is 0. The highest BCUT2D eigenvalue weighted by atomic mass is 19.1. The Morgan fingerprint density at radius 1 is 1.04 bits per heavy atom. The fourth-order valence-corrected chi connectivity index (χ4v) is 2.43. The Labute approximate surface area is 143 Å². The van der Waals surface area contributed by atoms with Gasteiger partial charge in [-0.05, 0) is 41.7 Å². The SMILES string of the molecule is CC(C)c1ccc(NCCC(=O)NCCc2ccccc2F)cc1. The first-order valence-corrected chi connectivity index (χ1v) is 8.40. The summed E-state index contributed by atoms with van der Waals surface area (Å²) in [6.45, 7) is 5.34. The van der Waals surface area contributed by atoms with E-state index < -0.39 is 0 Å². The van der Waals surface area contributed by atoms with E-state index in [0.29, 0.717) is 37.4 Å². The van der Waals surface area contributed by atoms with Crippen LogP contribution in [0.15, 0.2) is 48.5 Å². The van der Waals surface area contributed by atoms with E-state index in [2.05, 4.69) is 36.6 Å². The van der Waals surface area contributed by atoms with Gasteiger partial charge in [0.1, 0.15) is 5.82 Å². The van der Waals surface area contributed by atoms with Crippen molar-refractivity contribution < 1.29 is 9.18 Å². The van der Waals surface area contributed by atoms with E-state index in [1.807, 2.05) is 12.1 Å². The van der Waals surface area contributed by atoms with Crippen molar-refractivity contribution in [1.29, 1.82) is 0 Å². The second kappa shape index (κ2) is 9.06. The van der Waals surface area contributed by atoms with Gasteiger partial charge in [-0.25, -0.2) is 4.39 Å². The maximum atomic E-state index is 13.5. The number of anilines is 1. The molecule has 0 saturated heterocycles. The number of amides is 1. The minimum Gasteiger partial charge on any atom is -0.385 e. The summed E-state index contributed by atoms with van der Waals surface area (Å²) < 4.78 is 13.5. The standard InChI is InChI=1S/C20H25FN2O/c1-15(2)16-7-9-18(10-8-16)22-14-12-20(24)23-13-11-17-5-3-4-6-19(17)21/h3-10,15,22H,11-14H2,1-2H3,(H,23,24). The number of hydrogen-bond acceptors (Lipinski definition) is 2. The molecule has 0 spiro atoms. The van der Waals surface area contributed by atoms with Crippen molar-refractivity contribution >= 4 is 11.6 Å². The normalized spacial score (nSPS) is 10.7. The molecule has 0 bridgehead atoms. The highest BCUT2D eigenvalue weighted by Gasteiger charge is 2.04. The van der Waals surface area contributed by atoms with Gasteiger partial charge in [0.25, 0.3) is 0 Å². The second-order valence-corrected chi connectivity index (χ2v) is 6.14. The van der Waals surface area contributed by atoms with Crippen LogP contribution in [0.5, 0.6) is 0 Å². The van der Waals surface area contributed by atoms with Gasteiger partial charge in [-0.15, -0.1) is 0 Å². The van der Waals surface area contributed by atoms with Gasteiger partial charge < -0.3 is 10.6 Å². The van der Waals surface area contributed by atoms with Gasteiger partial charge >= 0.3 is 0 Å². The summed E-state index contributed by atoms with van der Waals surface area (Å²) in [5.74, 6) is 0.259. The van der Waals surface area contributed by atoms with Crippen LogP contribution in [-0.4, -0.2) is 19.0 Å². The topological polar surface area (TPSA) is 41.1 Å². The molecule has 0 aliphatic carbocycles. The molecule has 4 heteroatoms. The van der Waals surface area contributed by atoms with Gasteiger partial charge in [0, 0.05) is 25.2 Å². The molecule has 0 atom stereocenters. The average Bonchev–Trinajstić information content (AvgIpc) is 2.57. The third-order valence-electron chi connectivity index (χ3n) is 3.93. The molecule has 0 fully saturated rings. The molecule has 0 heterocycles. The number of nitrogens with one attached hydrogen (secondary N) is 2. The third kappa shape index (κ3) is 5.69. The largest absolute Gasteiger partial charge is 0.385 e. The molecule has 3 nitrogen and oxygen atoms in total. The third-order valence-corrected chi connectivity index (χ3v) is 3.93. The molecular formula is C20H25FN2O.